The van der Waals surface area contributed by atoms with Crippen LogP contribution in [0.25, 0.3) is 0 Å². The van der Waals surface area contributed by atoms with Gasteiger partial charge < -0.3 is 5.32 Å². The van der Waals surface area contributed by atoms with E-state index < -0.39 is 0 Å². The highest BCUT2D eigenvalue weighted by Gasteiger charge is 2.17. The molecule has 0 unspecified atom stereocenters. The number of pyridine rings is 1. The molecule has 2 rings (SSSR count). The average Bonchev–Trinajstić information content (AvgIpc) is 2.84. The van der Waals surface area contributed by atoms with Crippen molar-refractivity contribution in [3.63, 3.8) is 0 Å². The summed E-state index contributed by atoms with van der Waals surface area (Å²) < 4.78 is 0. The number of aromatic nitrogens is 3. The largest absolute Gasteiger partial charge is 0.350 e. The second kappa shape index (κ2) is 7.38. The summed E-state index contributed by atoms with van der Waals surface area (Å²) >= 11 is 0. The quantitative estimate of drug-likeness (QED) is 0.797. The van der Waals surface area contributed by atoms with Crippen molar-refractivity contribution >= 4 is 11.7 Å². The van der Waals surface area contributed by atoms with Crippen LogP contribution in [-0.2, 0) is 17.8 Å². The molecule has 2 aromatic rings. The van der Waals surface area contributed by atoms with E-state index in [2.05, 4.69) is 20.5 Å². The molecule has 6 nitrogen and oxygen atoms in total. The van der Waals surface area contributed by atoms with Crippen LogP contribution < -0.4 is 5.32 Å². The highest BCUT2D eigenvalue weighted by Crippen LogP contribution is 2.15. The van der Waals surface area contributed by atoms with Crippen molar-refractivity contribution in [3.8, 4) is 0 Å². The fourth-order valence-corrected chi connectivity index (χ4v) is 2.71. The maximum Gasteiger partial charge on any atom is 0.223 e. The van der Waals surface area contributed by atoms with Crippen LogP contribution in [0.3, 0.4) is 0 Å². The van der Waals surface area contributed by atoms with Gasteiger partial charge in [-0.1, -0.05) is 6.92 Å². The van der Waals surface area contributed by atoms with E-state index >= 15 is 0 Å². The minimum Gasteiger partial charge on any atom is -0.350 e. The Balaban J connectivity index is 1.95. The Morgan fingerprint density at radius 1 is 1.21 bits per heavy atom. The summed E-state index contributed by atoms with van der Waals surface area (Å²) in [5.74, 6) is -0.183. The number of aryl methyl sites for hydroxylation is 3. The van der Waals surface area contributed by atoms with Crippen molar-refractivity contribution in [2.75, 3.05) is 0 Å². The molecule has 0 spiro atoms. The highest BCUT2D eigenvalue weighted by atomic mass is 16.1. The Labute approximate surface area is 142 Å². The lowest BCUT2D eigenvalue weighted by Gasteiger charge is -2.13. The SMILES string of the molecule is CC(=O)c1ccc(CNC(=O)[C@H](C)Cc2c(C)n[nH]c2C)nc1C. The van der Waals surface area contributed by atoms with E-state index in [1.54, 1.807) is 19.1 Å². The first-order valence-corrected chi connectivity index (χ1v) is 8.05. The van der Waals surface area contributed by atoms with Gasteiger partial charge in [-0.25, -0.2) is 0 Å². The van der Waals surface area contributed by atoms with Crippen molar-refractivity contribution in [1.29, 1.82) is 0 Å². The van der Waals surface area contributed by atoms with Crippen LogP contribution in [0.15, 0.2) is 12.1 Å². The molecule has 0 fully saturated rings. The summed E-state index contributed by atoms with van der Waals surface area (Å²) in [6.45, 7) is 9.47. The minimum absolute atomic E-state index is 0.00457. The maximum atomic E-state index is 12.3. The summed E-state index contributed by atoms with van der Waals surface area (Å²) in [4.78, 5) is 28.1. The molecule has 2 heterocycles. The summed E-state index contributed by atoms with van der Waals surface area (Å²) in [5.41, 5.74) is 5.08. The third-order valence-electron chi connectivity index (χ3n) is 4.21. The predicted octanol–water partition coefficient (Wildman–Crippen LogP) is 2.43. The Bertz CT molecular complexity index is 745. The smallest absolute Gasteiger partial charge is 0.223 e. The van der Waals surface area contributed by atoms with Gasteiger partial charge in [0.15, 0.2) is 5.78 Å². The van der Waals surface area contributed by atoms with Gasteiger partial charge in [0.2, 0.25) is 5.91 Å². The molecule has 0 saturated heterocycles. The first-order valence-electron chi connectivity index (χ1n) is 8.05. The number of ketones is 1. The second-order valence-corrected chi connectivity index (χ2v) is 6.23. The van der Waals surface area contributed by atoms with E-state index in [1.807, 2.05) is 20.8 Å². The molecule has 0 saturated carbocycles. The fourth-order valence-electron chi connectivity index (χ4n) is 2.71. The molecule has 0 aliphatic heterocycles. The van der Waals surface area contributed by atoms with Crippen LogP contribution in [0.4, 0.5) is 0 Å². The van der Waals surface area contributed by atoms with Crippen LogP contribution in [-0.4, -0.2) is 26.9 Å². The zero-order chi connectivity index (χ0) is 17.9. The molecule has 0 aliphatic rings. The Morgan fingerprint density at radius 3 is 2.46 bits per heavy atom. The second-order valence-electron chi connectivity index (χ2n) is 6.23. The molecule has 1 amide bonds. The van der Waals surface area contributed by atoms with Crippen molar-refractivity contribution in [2.45, 2.75) is 47.6 Å². The summed E-state index contributed by atoms with van der Waals surface area (Å²) in [6, 6.07) is 3.53. The van der Waals surface area contributed by atoms with Crippen LogP contribution in [0.2, 0.25) is 0 Å². The molecular weight excluding hydrogens is 304 g/mol. The van der Waals surface area contributed by atoms with Gasteiger partial charge in [0.1, 0.15) is 0 Å². The van der Waals surface area contributed by atoms with Gasteiger partial charge in [0.25, 0.3) is 0 Å². The fraction of sp³-hybridized carbons (Fsp3) is 0.444. The number of rotatable bonds is 6. The van der Waals surface area contributed by atoms with Crippen molar-refractivity contribution in [3.05, 3.63) is 46.0 Å². The number of H-pyrrole nitrogens is 1. The van der Waals surface area contributed by atoms with Crippen molar-refractivity contribution in [1.82, 2.24) is 20.5 Å². The van der Waals surface area contributed by atoms with Gasteiger partial charge in [-0.15, -0.1) is 0 Å². The minimum atomic E-state index is -0.155. The number of nitrogens with zero attached hydrogens (tertiary/aromatic N) is 2. The van der Waals surface area contributed by atoms with Gasteiger partial charge in [0.05, 0.1) is 17.9 Å². The average molecular weight is 328 g/mol. The first kappa shape index (κ1) is 17.8. The molecule has 2 N–H and O–H groups in total. The normalized spacial score (nSPS) is 12.0. The topological polar surface area (TPSA) is 87.7 Å². The van der Waals surface area contributed by atoms with E-state index in [1.165, 1.54) is 6.92 Å². The van der Waals surface area contributed by atoms with E-state index in [0.717, 1.165) is 22.6 Å². The Hall–Kier alpha value is -2.50. The molecule has 1 atom stereocenters. The van der Waals surface area contributed by atoms with Gasteiger partial charge in [-0.3, -0.25) is 19.7 Å². The third kappa shape index (κ3) is 4.07. The zero-order valence-corrected chi connectivity index (χ0v) is 14.9. The summed E-state index contributed by atoms with van der Waals surface area (Å²) in [7, 11) is 0. The molecular formula is C18H24N4O2. The van der Waals surface area contributed by atoms with E-state index in [4.69, 9.17) is 0 Å². The summed E-state index contributed by atoms with van der Waals surface area (Å²) in [5, 5.41) is 10.0. The zero-order valence-electron chi connectivity index (χ0n) is 14.9. The number of amides is 1. The molecule has 2 aromatic heterocycles. The van der Waals surface area contributed by atoms with Crippen LogP contribution in [0, 0.1) is 26.7 Å². The third-order valence-corrected chi connectivity index (χ3v) is 4.21. The monoisotopic (exact) mass is 328 g/mol. The van der Waals surface area contributed by atoms with Gasteiger partial charge in [0, 0.05) is 22.9 Å². The molecule has 0 aromatic carbocycles. The molecule has 6 heteroatoms. The van der Waals surface area contributed by atoms with E-state index in [9.17, 15) is 9.59 Å². The van der Waals surface area contributed by atoms with Gasteiger partial charge in [-0.2, -0.15) is 5.10 Å². The molecule has 128 valence electrons. The first-order chi connectivity index (χ1) is 11.3. The Morgan fingerprint density at radius 2 is 1.92 bits per heavy atom. The number of aromatic amines is 1. The number of hydrogen-bond donors (Lipinski definition) is 2. The lowest BCUT2D eigenvalue weighted by Crippen LogP contribution is -2.30. The molecule has 24 heavy (non-hydrogen) atoms. The number of carbonyl (C=O) groups is 2. The van der Waals surface area contributed by atoms with Crippen LogP contribution in [0.5, 0.6) is 0 Å². The maximum absolute atomic E-state index is 12.3. The number of nitrogens with one attached hydrogen (secondary N) is 2. The lowest BCUT2D eigenvalue weighted by atomic mass is 9.99. The van der Waals surface area contributed by atoms with E-state index in [0.29, 0.717) is 24.2 Å². The van der Waals surface area contributed by atoms with Gasteiger partial charge >= 0.3 is 0 Å². The standard InChI is InChI=1S/C18H24N4O2/c1-10(8-17-12(3)21-22-13(17)4)18(24)19-9-15-6-7-16(14(5)23)11(2)20-15/h6-7,10H,8-9H2,1-5H3,(H,19,24)(H,21,22)/t10-/m1/s1. The van der Waals surface area contributed by atoms with Crippen LogP contribution >= 0.6 is 0 Å². The molecule has 0 bridgehead atoms. The van der Waals surface area contributed by atoms with E-state index in [-0.39, 0.29) is 17.6 Å². The number of Topliss-reactive ketones (excluding diaryl/α,β-unsaturated/α-hetero) is 1. The lowest BCUT2D eigenvalue weighted by molar-refractivity contribution is -0.124. The number of hydrogen-bond acceptors (Lipinski definition) is 4. The highest BCUT2D eigenvalue weighted by molar-refractivity contribution is 5.95. The molecule has 0 radical (unpaired) electrons. The van der Waals surface area contributed by atoms with Crippen molar-refractivity contribution < 1.29 is 9.59 Å². The predicted molar refractivity (Wildman–Crippen MR) is 91.8 cm³/mol. The summed E-state index contributed by atoms with van der Waals surface area (Å²) in [6.07, 6.45) is 0.649. The van der Waals surface area contributed by atoms with Crippen molar-refractivity contribution in [2.24, 2.45) is 5.92 Å². The van der Waals surface area contributed by atoms with Crippen LogP contribution in [0.1, 0.15) is 52.5 Å². The Kier molecular flexibility index (Phi) is 5.49. The van der Waals surface area contributed by atoms with Gasteiger partial charge in [-0.05, 0) is 51.8 Å². The molecule has 0 aliphatic carbocycles. The number of carbonyl (C=O) groups excluding carboxylic acids is 2.